The van der Waals surface area contributed by atoms with Crippen molar-refractivity contribution in [2.75, 3.05) is 18.6 Å². The number of anilines is 1. The van der Waals surface area contributed by atoms with E-state index in [2.05, 4.69) is 43.9 Å². The lowest BCUT2D eigenvalue weighted by atomic mass is 9.79. The van der Waals surface area contributed by atoms with Crippen LogP contribution in [0.5, 0.6) is 5.75 Å². The summed E-state index contributed by atoms with van der Waals surface area (Å²) in [6.07, 6.45) is 8.41. The highest BCUT2D eigenvalue weighted by molar-refractivity contribution is 5.69. The Morgan fingerprint density at radius 2 is 2.04 bits per heavy atom. The molecule has 1 saturated heterocycles. The maximum absolute atomic E-state index is 11.2. The van der Waals surface area contributed by atoms with Crippen LogP contribution in [0.2, 0.25) is 0 Å². The van der Waals surface area contributed by atoms with Crippen LogP contribution in [-0.2, 0) is 10.2 Å². The van der Waals surface area contributed by atoms with Crippen LogP contribution in [0.1, 0.15) is 77.7 Å². The van der Waals surface area contributed by atoms with E-state index < -0.39 is 5.97 Å². The number of hydrogen-bond donors (Lipinski definition) is 1. The Labute approximate surface area is 158 Å². The zero-order chi connectivity index (χ0) is 19.2. The molecule has 0 saturated carbocycles. The predicted octanol–water partition coefficient (Wildman–Crippen LogP) is 5.39. The molecule has 1 aliphatic heterocycles. The highest BCUT2D eigenvalue weighted by Gasteiger charge is 2.29. The number of carboxylic acids is 1. The van der Waals surface area contributed by atoms with Gasteiger partial charge in [-0.3, -0.25) is 4.79 Å². The standard InChI is InChI=1S/C22H35NO3/c1-5-6-7-8-11-22(2,3)17-13-19(15-20(14-17)26-4)23-12-9-10-18(23)16-21(24)25/h13-15,18H,5-12,16H2,1-4H3,(H,24,25). The smallest absolute Gasteiger partial charge is 0.305 e. The number of unbranched alkanes of at least 4 members (excludes halogenated alkanes) is 3. The van der Waals surface area contributed by atoms with Gasteiger partial charge >= 0.3 is 5.97 Å². The first kappa shape index (κ1) is 20.6. The van der Waals surface area contributed by atoms with E-state index in [4.69, 9.17) is 4.74 Å². The summed E-state index contributed by atoms with van der Waals surface area (Å²) in [7, 11) is 1.70. The van der Waals surface area contributed by atoms with Crippen LogP contribution in [-0.4, -0.2) is 30.8 Å². The molecule has 0 aliphatic carbocycles. The summed E-state index contributed by atoms with van der Waals surface area (Å²) < 4.78 is 5.57. The number of methoxy groups -OCH3 is 1. The molecule has 4 nitrogen and oxygen atoms in total. The van der Waals surface area contributed by atoms with Gasteiger partial charge in [0.15, 0.2) is 0 Å². The van der Waals surface area contributed by atoms with Crippen molar-refractivity contribution >= 4 is 11.7 Å². The molecular weight excluding hydrogens is 326 g/mol. The van der Waals surface area contributed by atoms with Crippen LogP contribution in [0, 0.1) is 0 Å². The first-order chi connectivity index (χ1) is 12.4. The number of aliphatic carboxylic acids is 1. The largest absolute Gasteiger partial charge is 0.497 e. The molecule has 1 atom stereocenters. The molecule has 1 aliphatic rings. The van der Waals surface area contributed by atoms with E-state index in [1.54, 1.807) is 7.11 Å². The number of ether oxygens (including phenoxy) is 1. The Morgan fingerprint density at radius 3 is 2.69 bits per heavy atom. The molecule has 26 heavy (non-hydrogen) atoms. The van der Waals surface area contributed by atoms with Crippen molar-refractivity contribution in [2.45, 2.75) is 83.6 Å². The fourth-order valence-electron chi connectivity index (χ4n) is 3.99. The third-order valence-corrected chi connectivity index (χ3v) is 5.68. The molecule has 146 valence electrons. The van der Waals surface area contributed by atoms with Gasteiger partial charge in [-0.2, -0.15) is 0 Å². The van der Waals surface area contributed by atoms with Crippen molar-refractivity contribution in [2.24, 2.45) is 0 Å². The minimum absolute atomic E-state index is 0.0824. The van der Waals surface area contributed by atoms with Gasteiger partial charge in [-0.15, -0.1) is 0 Å². The lowest BCUT2D eigenvalue weighted by Crippen LogP contribution is -2.31. The van der Waals surface area contributed by atoms with E-state index in [0.717, 1.165) is 37.2 Å². The predicted molar refractivity (Wildman–Crippen MR) is 107 cm³/mol. The third kappa shape index (κ3) is 5.39. The number of nitrogens with zero attached hydrogens (tertiary/aromatic N) is 1. The maximum Gasteiger partial charge on any atom is 0.305 e. The average Bonchev–Trinajstić information content (AvgIpc) is 3.05. The second-order valence-electron chi connectivity index (χ2n) is 8.20. The van der Waals surface area contributed by atoms with Gasteiger partial charge in [0.05, 0.1) is 13.5 Å². The average molecular weight is 362 g/mol. The molecule has 0 amide bonds. The van der Waals surface area contributed by atoms with Gasteiger partial charge < -0.3 is 14.7 Å². The van der Waals surface area contributed by atoms with E-state index in [9.17, 15) is 9.90 Å². The minimum Gasteiger partial charge on any atom is -0.497 e. The highest BCUT2D eigenvalue weighted by Crippen LogP contribution is 2.37. The second kappa shape index (κ2) is 9.29. The summed E-state index contributed by atoms with van der Waals surface area (Å²) in [4.78, 5) is 13.5. The molecule has 0 radical (unpaired) electrons. The Hall–Kier alpha value is -1.71. The molecule has 0 aromatic heterocycles. The molecule has 1 unspecified atom stereocenters. The summed E-state index contributed by atoms with van der Waals surface area (Å²) >= 11 is 0. The van der Waals surface area contributed by atoms with Gasteiger partial charge in [0, 0.05) is 24.3 Å². The first-order valence-corrected chi connectivity index (χ1v) is 10.1. The lowest BCUT2D eigenvalue weighted by molar-refractivity contribution is -0.137. The molecule has 1 fully saturated rings. The van der Waals surface area contributed by atoms with Gasteiger partial charge in [0.2, 0.25) is 0 Å². The monoisotopic (exact) mass is 361 g/mol. The molecule has 2 rings (SSSR count). The summed E-state index contributed by atoms with van der Waals surface area (Å²) in [5.74, 6) is 0.140. The van der Waals surface area contributed by atoms with Gasteiger partial charge in [0.1, 0.15) is 5.75 Å². The molecule has 1 heterocycles. The van der Waals surface area contributed by atoms with E-state index >= 15 is 0 Å². The molecule has 0 bridgehead atoms. The number of carboxylic acid groups (broad SMARTS) is 1. The second-order valence-corrected chi connectivity index (χ2v) is 8.20. The maximum atomic E-state index is 11.2. The summed E-state index contributed by atoms with van der Waals surface area (Å²) in [6.45, 7) is 7.76. The van der Waals surface area contributed by atoms with E-state index in [0.29, 0.717) is 0 Å². The van der Waals surface area contributed by atoms with E-state index in [-0.39, 0.29) is 17.9 Å². The molecule has 1 aromatic rings. The number of rotatable bonds is 10. The summed E-state index contributed by atoms with van der Waals surface area (Å²) in [6, 6.07) is 6.53. The van der Waals surface area contributed by atoms with Crippen molar-refractivity contribution in [1.82, 2.24) is 0 Å². The van der Waals surface area contributed by atoms with Crippen molar-refractivity contribution in [1.29, 1.82) is 0 Å². The van der Waals surface area contributed by atoms with Crippen molar-refractivity contribution in [3.8, 4) is 5.75 Å². The Balaban J connectivity index is 2.23. The summed E-state index contributed by atoms with van der Waals surface area (Å²) in [5, 5.41) is 9.21. The van der Waals surface area contributed by atoms with Crippen molar-refractivity contribution < 1.29 is 14.6 Å². The van der Waals surface area contributed by atoms with Crippen LogP contribution >= 0.6 is 0 Å². The van der Waals surface area contributed by atoms with Crippen LogP contribution in [0.3, 0.4) is 0 Å². The van der Waals surface area contributed by atoms with Crippen LogP contribution in [0.4, 0.5) is 5.69 Å². The normalized spacial score (nSPS) is 17.5. The zero-order valence-corrected chi connectivity index (χ0v) is 16.9. The molecule has 4 heteroatoms. The Kier molecular flexibility index (Phi) is 7.36. The topological polar surface area (TPSA) is 49.8 Å². The fraction of sp³-hybridized carbons (Fsp3) is 0.682. The zero-order valence-electron chi connectivity index (χ0n) is 16.9. The molecule has 0 spiro atoms. The number of hydrogen-bond acceptors (Lipinski definition) is 3. The minimum atomic E-state index is -0.721. The van der Waals surface area contributed by atoms with Gasteiger partial charge in [-0.25, -0.2) is 0 Å². The van der Waals surface area contributed by atoms with Crippen molar-refractivity contribution in [3.05, 3.63) is 23.8 Å². The number of carbonyl (C=O) groups is 1. The van der Waals surface area contributed by atoms with E-state index in [1.807, 2.05) is 0 Å². The van der Waals surface area contributed by atoms with Crippen LogP contribution in [0.25, 0.3) is 0 Å². The molecule has 1 aromatic carbocycles. The SMILES string of the molecule is CCCCCCC(C)(C)c1cc(OC)cc(N2CCCC2CC(=O)O)c1. The van der Waals surface area contributed by atoms with Crippen LogP contribution < -0.4 is 9.64 Å². The van der Waals surface area contributed by atoms with Gasteiger partial charge in [-0.05, 0) is 42.4 Å². The number of benzene rings is 1. The fourth-order valence-corrected chi connectivity index (χ4v) is 3.99. The summed E-state index contributed by atoms with van der Waals surface area (Å²) in [5.41, 5.74) is 2.47. The first-order valence-electron chi connectivity index (χ1n) is 10.1. The molecular formula is C22H35NO3. The van der Waals surface area contributed by atoms with Gasteiger partial charge in [0.25, 0.3) is 0 Å². The van der Waals surface area contributed by atoms with Crippen molar-refractivity contribution in [3.63, 3.8) is 0 Å². The Morgan fingerprint density at radius 1 is 1.27 bits per heavy atom. The quantitative estimate of drug-likeness (QED) is 0.568. The lowest BCUT2D eigenvalue weighted by Gasteiger charge is -2.30. The van der Waals surface area contributed by atoms with Gasteiger partial charge in [-0.1, -0.05) is 46.5 Å². The highest BCUT2D eigenvalue weighted by atomic mass is 16.5. The molecule has 1 N–H and O–H groups in total. The third-order valence-electron chi connectivity index (χ3n) is 5.68. The Bertz CT molecular complexity index is 597. The van der Waals surface area contributed by atoms with E-state index in [1.165, 1.54) is 31.2 Å². The van der Waals surface area contributed by atoms with Crippen LogP contribution in [0.15, 0.2) is 18.2 Å².